The Kier molecular flexibility index (Phi) is 6.72. The van der Waals surface area contributed by atoms with Gasteiger partial charge in [0.1, 0.15) is 17.8 Å². The monoisotopic (exact) mass is 464 g/mol. The molecule has 0 bridgehead atoms. The zero-order chi connectivity index (χ0) is 24.1. The highest BCUT2D eigenvalue weighted by Gasteiger charge is 2.42. The zero-order valence-corrected chi connectivity index (χ0v) is 18.7. The lowest BCUT2D eigenvalue weighted by atomic mass is 9.87. The van der Waals surface area contributed by atoms with Crippen molar-refractivity contribution in [3.8, 4) is 17.1 Å². The topological polar surface area (TPSA) is 113 Å². The Hall–Kier alpha value is -4.01. The van der Waals surface area contributed by atoms with E-state index in [2.05, 4.69) is 20.6 Å². The Morgan fingerprint density at radius 1 is 1.03 bits per heavy atom. The third kappa shape index (κ3) is 5.31. The van der Waals surface area contributed by atoms with Crippen LogP contribution in [0.15, 0.2) is 54.9 Å². The van der Waals surface area contributed by atoms with Gasteiger partial charge in [-0.2, -0.15) is 0 Å². The molecule has 0 unspecified atom stereocenters. The van der Waals surface area contributed by atoms with Crippen LogP contribution in [0.3, 0.4) is 0 Å². The zero-order valence-electron chi connectivity index (χ0n) is 18.7. The van der Waals surface area contributed by atoms with Crippen LogP contribution in [0.1, 0.15) is 31.2 Å². The molecule has 8 nitrogen and oxygen atoms in total. The van der Waals surface area contributed by atoms with Gasteiger partial charge in [0, 0.05) is 23.6 Å². The Bertz CT molecular complexity index is 1180. The van der Waals surface area contributed by atoms with Crippen LogP contribution in [-0.2, 0) is 4.79 Å². The molecule has 3 aromatic rings. The summed E-state index contributed by atoms with van der Waals surface area (Å²) in [4.78, 5) is 32.2. The van der Waals surface area contributed by atoms with E-state index >= 15 is 0 Å². The molecular weight excluding hydrogens is 439 g/mol. The second-order valence-corrected chi connectivity index (χ2v) is 8.48. The molecule has 1 aliphatic carbocycles. The van der Waals surface area contributed by atoms with E-state index in [9.17, 15) is 19.1 Å². The van der Waals surface area contributed by atoms with Crippen molar-refractivity contribution in [2.45, 2.75) is 32.6 Å². The van der Waals surface area contributed by atoms with E-state index in [1.54, 1.807) is 48.8 Å². The number of anilines is 2. The van der Waals surface area contributed by atoms with Gasteiger partial charge >= 0.3 is 18.0 Å². The van der Waals surface area contributed by atoms with Gasteiger partial charge in [0.05, 0.1) is 5.69 Å². The second-order valence-electron chi connectivity index (χ2n) is 8.48. The molecular formula is C25H25FN4O4. The van der Waals surface area contributed by atoms with E-state index in [0.717, 1.165) is 29.5 Å². The standard InChI is InChI=1S/C25H25FN4O4/c1-16-4-9-20(26)21(12-16)30-23(33)29-19-7-5-17(6-8-19)18-13-27-24(28-14-18)34-15-25(22(31)32)10-2-3-11-25/h4-9,12-14H,2-3,10-11,15H2,1H3,(H,31,32)(H2,29,30,33). The molecule has 34 heavy (non-hydrogen) atoms. The number of nitrogens with one attached hydrogen (secondary N) is 2. The minimum Gasteiger partial charge on any atom is -0.481 e. The van der Waals surface area contributed by atoms with Crippen molar-refractivity contribution >= 4 is 23.4 Å². The first kappa shape index (κ1) is 23.2. The number of ether oxygens (including phenoxy) is 1. The van der Waals surface area contributed by atoms with Crippen LogP contribution < -0.4 is 15.4 Å². The molecule has 1 fully saturated rings. The molecule has 0 radical (unpaired) electrons. The molecule has 3 N–H and O–H groups in total. The SMILES string of the molecule is Cc1ccc(F)c(NC(=O)Nc2ccc(-c3cnc(OCC4(C(=O)O)CCCC4)nc3)cc2)c1. The largest absolute Gasteiger partial charge is 0.481 e. The summed E-state index contributed by atoms with van der Waals surface area (Å²) in [6, 6.07) is 11.1. The van der Waals surface area contributed by atoms with Crippen LogP contribution in [0.25, 0.3) is 11.1 Å². The number of amides is 2. The highest BCUT2D eigenvalue weighted by Crippen LogP contribution is 2.38. The number of hydrogen-bond acceptors (Lipinski definition) is 5. The summed E-state index contributed by atoms with van der Waals surface area (Å²) in [6.45, 7) is 1.86. The fourth-order valence-electron chi connectivity index (χ4n) is 3.98. The van der Waals surface area contributed by atoms with Crippen LogP contribution in [-0.4, -0.2) is 33.7 Å². The number of carboxylic acids is 1. The Morgan fingerprint density at radius 2 is 1.71 bits per heavy atom. The second kappa shape index (κ2) is 9.86. The molecule has 0 atom stereocenters. The Labute approximate surface area is 196 Å². The number of benzene rings is 2. The van der Waals surface area contributed by atoms with E-state index in [1.165, 1.54) is 6.07 Å². The predicted octanol–water partition coefficient (Wildman–Crippen LogP) is 5.26. The van der Waals surface area contributed by atoms with Gasteiger partial charge in [0.25, 0.3) is 0 Å². The molecule has 176 valence electrons. The summed E-state index contributed by atoms with van der Waals surface area (Å²) in [5, 5.41) is 14.7. The minimum absolute atomic E-state index is 0.0521. The Balaban J connectivity index is 1.34. The molecule has 2 aromatic carbocycles. The highest BCUT2D eigenvalue weighted by atomic mass is 19.1. The third-order valence-corrected chi connectivity index (χ3v) is 5.97. The van der Waals surface area contributed by atoms with E-state index < -0.39 is 23.2 Å². The van der Waals surface area contributed by atoms with Gasteiger partial charge in [-0.15, -0.1) is 0 Å². The lowest BCUT2D eigenvalue weighted by molar-refractivity contribution is -0.150. The van der Waals surface area contributed by atoms with Gasteiger partial charge in [-0.1, -0.05) is 31.0 Å². The summed E-state index contributed by atoms with van der Waals surface area (Å²) in [5.74, 6) is -1.35. The number of carbonyl (C=O) groups excluding carboxylic acids is 1. The number of halogens is 1. The third-order valence-electron chi connectivity index (χ3n) is 5.97. The van der Waals surface area contributed by atoms with Gasteiger partial charge in [0.2, 0.25) is 0 Å². The van der Waals surface area contributed by atoms with Gasteiger partial charge in [0.15, 0.2) is 0 Å². The van der Waals surface area contributed by atoms with Gasteiger partial charge in [-0.3, -0.25) is 4.79 Å². The van der Waals surface area contributed by atoms with E-state index in [0.29, 0.717) is 18.5 Å². The number of aryl methyl sites for hydroxylation is 1. The van der Waals surface area contributed by atoms with Crippen LogP contribution >= 0.6 is 0 Å². The molecule has 1 aromatic heterocycles. The van der Waals surface area contributed by atoms with Crippen LogP contribution in [0.2, 0.25) is 0 Å². The molecule has 1 aliphatic rings. The maximum atomic E-state index is 13.8. The molecule has 2 amide bonds. The van der Waals surface area contributed by atoms with Crippen molar-refractivity contribution in [3.63, 3.8) is 0 Å². The molecule has 1 saturated carbocycles. The molecule has 1 heterocycles. The van der Waals surface area contributed by atoms with Crippen molar-refractivity contribution in [1.29, 1.82) is 0 Å². The van der Waals surface area contributed by atoms with Crippen molar-refractivity contribution in [1.82, 2.24) is 9.97 Å². The molecule has 0 saturated heterocycles. The summed E-state index contributed by atoms with van der Waals surface area (Å²) in [7, 11) is 0. The van der Waals surface area contributed by atoms with Crippen molar-refractivity contribution < 1.29 is 23.8 Å². The number of aromatic nitrogens is 2. The summed E-state index contributed by atoms with van der Waals surface area (Å²) < 4.78 is 19.4. The number of nitrogens with zero attached hydrogens (tertiary/aromatic N) is 2. The van der Waals surface area contributed by atoms with Crippen molar-refractivity contribution in [2.75, 3.05) is 17.2 Å². The quantitative estimate of drug-likeness (QED) is 0.440. The number of rotatable bonds is 7. The fraction of sp³-hybridized carbons (Fsp3) is 0.280. The van der Waals surface area contributed by atoms with Crippen molar-refractivity contribution in [2.24, 2.45) is 5.41 Å². The molecule has 4 rings (SSSR count). The Morgan fingerprint density at radius 3 is 2.35 bits per heavy atom. The van der Waals surface area contributed by atoms with Gasteiger partial charge in [-0.25, -0.2) is 19.2 Å². The minimum atomic E-state index is -0.859. The number of aliphatic carboxylic acids is 1. The molecule has 9 heteroatoms. The first-order valence-corrected chi connectivity index (χ1v) is 11.0. The van der Waals surface area contributed by atoms with E-state index in [4.69, 9.17) is 4.74 Å². The summed E-state index contributed by atoms with van der Waals surface area (Å²) in [6.07, 6.45) is 6.15. The maximum absolute atomic E-state index is 13.8. The van der Waals surface area contributed by atoms with Crippen molar-refractivity contribution in [3.05, 3.63) is 66.2 Å². The van der Waals surface area contributed by atoms with Crippen LogP contribution in [0, 0.1) is 18.2 Å². The number of hydrogen-bond donors (Lipinski definition) is 3. The number of carboxylic acid groups (broad SMARTS) is 1. The molecule has 0 aliphatic heterocycles. The summed E-state index contributed by atoms with van der Waals surface area (Å²) >= 11 is 0. The van der Waals surface area contributed by atoms with Crippen LogP contribution in [0.4, 0.5) is 20.6 Å². The summed E-state index contributed by atoms with van der Waals surface area (Å²) in [5.41, 5.74) is 2.17. The first-order valence-electron chi connectivity index (χ1n) is 11.0. The first-order chi connectivity index (χ1) is 16.3. The van der Waals surface area contributed by atoms with E-state index in [1.807, 2.05) is 6.92 Å². The highest BCUT2D eigenvalue weighted by molar-refractivity contribution is 6.00. The maximum Gasteiger partial charge on any atom is 0.323 e. The van der Waals surface area contributed by atoms with E-state index in [-0.39, 0.29) is 18.3 Å². The predicted molar refractivity (Wildman–Crippen MR) is 125 cm³/mol. The normalized spacial score (nSPS) is 14.4. The average molecular weight is 464 g/mol. The lowest BCUT2D eigenvalue weighted by Gasteiger charge is -2.22. The average Bonchev–Trinajstić information content (AvgIpc) is 3.32. The smallest absolute Gasteiger partial charge is 0.323 e. The lowest BCUT2D eigenvalue weighted by Crippen LogP contribution is -2.34. The van der Waals surface area contributed by atoms with Crippen LogP contribution in [0.5, 0.6) is 6.01 Å². The fourth-order valence-corrected chi connectivity index (χ4v) is 3.98. The number of urea groups is 1. The number of carbonyl (C=O) groups is 2. The molecule has 0 spiro atoms. The van der Waals surface area contributed by atoms with Gasteiger partial charge < -0.3 is 20.5 Å². The van der Waals surface area contributed by atoms with Gasteiger partial charge in [-0.05, 0) is 55.2 Å².